The molecule has 0 spiro atoms. The van der Waals surface area contributed by atoms with Crippen molar-refractivity contribution in [3.8, 4) is 5.75 Å². The molecule has 0 bridgehead atoms. The molecule has 1 unspecified atom stereocenters. The molecule has 1 aromatic rings. The number of sulfonamides is 1. The lowest BCUT2D eigenvalue weighted by Gasteiger charge is -2.19. The van der Waals surface area contributed by atoms with Crippen LogP contribution in [0.1, 0.15) is 33.7 Å². The Morgan fingerprint density at radius 2 is 2.00 bits per heavy atom. The maximum absolute atomic E-state index is 11.2. The Morgan fingerprint density at radius 1 is 1.37 bits per heavy atom. The Balaban J connectivity index is 2.60. The highest BCUT2D eigenvalue weighted by atomic mass is 32.2. The van der Waals surface area contributed by atoms with Crippen molar-refractivity contribution < 1.29 is 13.2 Å². The zero-order valence-corrected chi connectivity index (χ0v) is 12.7. The first-order valence-electron chi connectivity index (χ1n) is 6.36. The van der Waals surface area contributed by atoms with Gasteiger partial charge in [-0.1, -0.05) is 13.8 Å². The van der Waals surface area contributed by atoms with E-state index in [1.54, 1.807) is 17.1 Å². The molecule has 0 saturated carbocycles. The van der Waals surface area contributed by atoms with Gasteiger partial charge in [0.1, 0.15) is 0 Å². The second kappa shape index (κ2) is 6.38. The fraction of sp³-hybridized carbons (Fsp3) is 0.750. The molecule has 7 heteroatoms. The van der Waals surface area contributed by atoms with E-state index in [0.717, 1.165) is 0 Å². The van der Waals surface area contributed by atoms with E-state index in [2.05, 4.69) is 5.10 Å². The average molecular weight is 289 g/mol. The number of rotatable bonds is 7. The van der Waals surface area contributed by atoms with Gasteiger partial charge < -0.3 is 4.74 Å². The molecule has 0 fully saturated rings. The Labute approximate surface area is 115 Å². The molecule has 1 aromatic heterocycles. The van der Waals surface area contributed by atoms with E-state index in [1.807, 2.05) is 27.7 Å². The van der Waals surface area contributed by atoms with Crippen molar-refractivity contribution in [3.05, 3.63) is 12.4 Å². The highest BCUT2D eigenvalue weighted by Gasteiger charge is 2.20. The number of ether oxygens (including phenoxy) is 1. The summed E-state index contributed by atoms with van der Waals surface area (Å²) in [4.78, 5) is 0. The predicted octanol–water partition coefficient (Wildman–Crippen LogP) is 1.40. The molecule has 1 atom stereocenters. The molecule has 0 aromatic carbocycles. The summed E-state index contributed by atoms with van der Waals surface area (Å²) in [5.41, 5.74) is 0. The van der Waals surface area contributed by atoms with Gasteiger partial charge >= 0.3 is 0 Å². The number of nitrogens with zero attached hydrogens (tertiary/aromatic N) is 2. The van der Waals surface area contributed by atoms with E-state index < -0.39 is 10.0 Å². The van der Waals surface area contributed by atoms with Gasteiger partial charge in [-0.2, -0.15) is 5.10 Å². The van der Waals surface area contributed by atoms with Crippen LogP contribution in [0.2, 0.25) is 0 Å². The highest BCUT2D eigenvalue weighted by Crippen LogP contribution is 2.17. The molecule has 0 amide bonds. The summed E-state index contributed by atoms with van der Waals surface area (Å²) in [6.45, 7) is 8.27. The van der Waals surface area contributed by atoms with E-state index in [4.69, 9.17) is 9.88 Å². The number of primary sulfonamides is 1. The third kappa shape index (κ3) is 5.61. The van der Waals surface area contributed by atoms with Gasteiger partial charge in [-0.25, -0.2) is 13.6 Å². The lowest BCUT2D eigenvalue weighted by atomic mass is 9.99. The van der Waals surface area contributed by atoms with Crippen molar-refractivity contribution in [1.82, 2.24) is 9.78 Å². The molecule has 0 radical (unpaired) electrons. The zero-order valence-electron chi connectivity index (χ0n) is 11.9. The van der Waals surface area contributed by atoms with Crippen LogP contribution in [0.5, 0.6) is 5.75 Å². The van der Waals surface area contributed by atoms with Gasteiger partial charge in [-0.3, -0.25) is 4.68 Å². The zero-order chi connectivity index (χ0) is 14.6. The van der Waals surface area contributed by atoms with Crippen LogP contribution in [-0.2, 0) is 10.0 Å². The first-order valence-corrected chi connectivity index (χ1v) is 8.08. The lowest BCUT2D eigenvalue weighted by Crippen LogP contribution is -2.30. The number of aromatic nitrogens is 2. The topological polar surface area (TPSA) is 87.2 Å². The summed E-state index contributed by atoms with van der Waals surface area (Å²) in [6.07, 6.45) is 3.44. The van der Waals surface area contributed by atoms with E-state index in [1.165, 1.54) is 0 Å². The minimum absolute atomic E-state index is 0.0665. The molecule has 0 aliphatic rings. The molecule has 1 heterocycles. The van der Waals surface area contributed by atoms with Crippen LogP contribution >= 0.6 is 0 Å². The van der Waals surface area contributed by atoms with E-state index in [-0.39, 0.29) is 23.6 Å². The average Bonchev–Trinajstić information content (AvgIpc) is 2.71. The second-order valence-electron chi connectivity index (χ2n) is 5.39. The van der Waals surface area contributed by atoms with E-state index in [9.17, 15) is 8.42 Å². The second-order valence-corrected chi connectivity index (χ2v) is 7.05. The molecule has 0 aliphatic carbocycles. The molecule has 6 nitrogen and oxygen atoms in total. The highest BCUT2D eigenvalue weighted by molar-refractivity contribution is 7.89. The standard InChI is InChI=1S/C12H23N3O3S/c1-9(2)11(8-19(13,16)17)7-18-12-5-14-15(6-12)10(3)4/h5-6,9-11H,7-8H2,1-4H3,(H2,13,16,17). The molecular weight excluding hydrogens is 266 g/mol. The van der Waals surface area contributed by atoms with Gasteiger partial charge in [0.15, 0.2) is 5.75 Å². The molecule has 0 saturated heterocycles. The van der Waals surface area contributed by atoms with Crippen LogP contribution in [0, 0.1) is 11.8 Å². The Morgan fingerprint density at radius 3 is 2.42 bits per heavy atom. The Kier molecular flexibility index (Phi) is 5.37. The molecule has 19 heavy (non-hydrogen) atoms. The normalized spacial score (nSPS) is 14.1. The summed E-state index contributed by atoms with van der Waals surface area (Å²) in [5, 5.41) is 9.25. The van der Waals surface area contributed by atoms with Gasteiger partial charge in [0.05, 0.1) is 24.8 Å². The first-order chi connectivity index (χ1) is 8.69. The maximum atomic E-state index is 11.2. The van der Waals surface area contributed by atoms with Crippen molar-refractivity contribution in [1.29, 1.82) is 0 Å². The van der Waals surface area contributed by atoms with E-state index in [0.29, 0.717) is 12.4 Å². The minimum Gasteiger partial charge on any atom is -0.490 e. The summed E-state index contributed by atoms with van der Waals surface area (Å²) in [5.74, 6) is 0.632. The molecule has 2 N–H and O–H groups in total. The van der Waals surface area contributed by atoms with Crippen LogP contribution in [0.15, 0.2) is 12.4 Å². The third-order valence-corrected chi connectivity index (χ3v) is 3.85. The number of hydrogen-bond acceptors (Lipinski definition) is 4. The summed E-state index contributed by atoms with van der Waals surface area (Å²) in [6, 6.07) is 0.266. The van der Waals surface area contributed by atoms with Crippen LogP contribution < -0.4 is 9.88 Å². The SMILES string of the molecule is CC(C)C(COc1cnn(C(C)C)c1)CS(N)(=O)=O. The lowest BCUT2D eigenvalue weighted by molar-refractivity contribution is 0.224. The minimum atomic E-state index is -3.48. The van der Waals surface area contributed by atoms with Gasteiger partial charge in [0.2, 0.25) is 10.0 Å². The monoisotopic (exact) mass is 289 g/mol. The Hall–Kier alpha value is -1.08. The van der Waals surface area contributed by atoms with Gasteiger partial charge in [-0.05, 0) is 19.8 Å². The van der Waals surface area contributed by atoms with Crippen molar-refractivity contribution in [2.24, 2.45) is 17.0 Å². The summed E-state index contributed by atoms with van der Waals surface area (Å²) >= 11 is 0. The molecular formula is C12H23N3O3S. The predicted molar refractivity (Wildman–Crippen MR) is 74.4 cm³/mol. The molecule has 110 valence electrons. The van der Waals surface area contributed by atoms with Crippen LogP contribution in [0.25, 0.3) is 0 Å². The quantitative estimate of drug-likeness (QED) is 0.822. The Bertz CT molecular complexity index is 494. The van der Waals surface area contributed by atoms with Crippen molar-refractivity contribution in [2.75, 3.05) is 12.4 Å². The number of nitrogens with two attached hydrogens (primary N) is 1. The molecule has 1 rings (SSSR count). The summed E-state index contributed by atoms with van der Waals surface area (Å²) < 4.78 is 29.7. The largest absolute Gasteiger partial charge is 0.490 e. The smallest absolute Gasteiger partial charge is 0.209 e. The maximum Gasteiger partial charge on any atom is 0.209 e. The van der Waals surface area contributed by atoms with E-state index >= 15 is 0 Å². The van der Waals surface area contributed by atoms with Crippen molar-refractivity contribution in [3.63, 3.8) is 0 Å². The van der Waals surface area contributed by atoms with Gasteiger partial charge in [-0.15, -0.1) is 0 Å². The fourth-order valence-electron chi connectivity index (χ4n) is 1.61. The molecule has 0 aliphatic heterocycles. The van der Waals surface area contributed by atoms with Crippen LogP contribution in [-0.4, -0.2) is 30.6 Å². The van der Waals surface area contributed by atoms with Gasteiger partial charge in [0.25, 0.3) is 0 Å². The third-order valence-electron chi connectivity index (χ3n) is 2.96. The number of hydrogen-bond donors (Lipinski definition) is 1. The van der Waals surface area contributed by atoms with Gasteiger partial charge in [0, 0.05) is 12.0 Å². The van der Waals surface area contributed by atoms with Crippen molar-refractivity contribution in [2.45, 2.75) is 33.7 Å². The van der Waals surface area contributed by atoms with Crippen molar-refractivity contribution >= 4 is 10.0 Å². The first kappa shape index (κ1) is 16.0. The van der Waals surface area contributed by atoms with Crippen LogP contribution in [0.3, 0.4) is 0 Å². The fourth-order valence-corrected chi connectivity index (χ4v) is 2.69. The van der Waals surface area contributed by atoms with Crippen LogP contribution in [0.4, 0.5) is 0 Å². The summed E-state index contributed by atoms with van der Waals surface area (Å²) in [7, 11) is -3.48.